The molecule has 0 aromatic heterocycles. The molecule has 5 heteroatoms. The molecule has 0 radical (unpaired) electrons. The van der Waals surface area contributed by atoms with Gasteiger partial charge in [0.2, 0.25) is 0 Å². The number of ketones is 1. The van der Waals surface area contributed by atoms with Crippen LogP contribution in [0.2, 0.25) is 0 Å². The van der Waals surface area contributed by atoms with Gasteiger partial charge in [0.1, 0.15) is 5.71 Å². The van der Waals surface area contributed by atoms with Gasteiger partial charge < -0.3 is 14.3 Å². The van der Waals surface area contributed by atoms with E-state index in [1.807, 2.05) is 30.3 Å². The molecular weight excluding hydrogens is 246 g/mol. The lowest BCUT2D eigenvalue weighted by molar-refractivity contribution is -0.139. The molecule has 3 atom stereocenters. The number of nitrogens with zero attached hydrogens (tertiary/aromatic N) is 1. The second-order valence-corrected chi connectivity index (χ2v) is 4.69. The van der Waals surface area contributed by atoms with Crippen LogP contribution < -0.4 is 0 Å². The van der Waals surface area contributed by atoms with Crippen molar-refractivity contribution in [1.82, 2.24) is 0 Å². The fourth-order valence-corrected chi connectivity index (χ4v) is 2.32. The van der Waals surface area contributed by atoms with Crippen LogP contribution in [0.1, 0.15) is 18.8 Å². The van der Waals surface area contributed by atoms with E-state index >= 15 is 0 Å². The van der Waals surface area contributed by atoms with Crippen LogP contribution in [0, 0.1) is 5.92 Å². The number of rotatable bonds is 2. The molecule has 1 aromatic rings. The Kier molecular flexibility index (Phi) is 3.31. The first-order valence-electron chi connectivity index (χ1n) is 6.28. The van der Waals surface area contributed by atoms with Crippen LogP contribution >= 0.6 is 0 Å². The molecule has 19 heavy (non-hydrogen) atoms. The minimum absolute atomic E-state index is 0.0748. The van der Waals surface area contributed by atoms with Crippen molar-refractivity contribution in [1.29, 1.82) is 0 Å². The van der Waals surface area contributed by atoms with E-state index in [4.69, 9.17) is 14.3 Å². The summed E-state index contributed by atoms with van der Waals surface area (Å²) in [6.45, 7) is 2.23. The van der Waals surface area contributed by atoms with Crippen molar-refractivity contribution in [2.24, 2.45) is 11.1 Å². The molecule has 2 aliphatic heterocycles. The molecule has 3 unspecified atom stereocenters. The lowest BCUT2D eigenvalue weighted by atomic mass is 9.96. The van der Waals surface area contributed by atoms with Gasteiger partial charge in [0.25, 0.3) is 0 Å². The summed E-state index contributed by atoms with van der Waals surface area (Å²) in [5, 5.41) is 3.83. The van der Waals surface area contributed by atoms with E-state index in [2.05, 4.69) is 5.16 Å². The maximum atomic E-state index is 11.5. The highest BCUT2D eigenvalue weighted by molar-refractivity contribution is 6.40. The van der Waals surface area contributed by atoms with Crippen molar-refractivity contribution in [3.8, 4) is 0 Å². The first-order valence-corrected chi connectivity index (χ1v) is 6.28. The number of fused-ring (bicyclic) bond motifs is 1. The van der Waals surface area contributed by atoms with Crippen molar-refractivity contribution < 1.29 is 19.1 Å². The molecule has 0 spiro atoms. The number of benzene rings is 1. The lowest BCUT2D eigenvalue weighted by Crippen LogP contribution is -2.31. The maximum absolute atomic E-state index is 11.5. The van der Waals surface area contributed by atoms with Gasteiger partial charge in [-0.25, -0.2) is 0 Å². The molecule has 3 rings (SSSR count). The van der Waals surface area contributed by atoms with Gasteiger partial charge >= 0.3 is 0 Å². The normalized spacial score (nSPS) is 29.9. The topological polar surface area (TPSA) is 57.1 Å². The molecule has 1 fully saturated rings. The first-order chi connectivity index (χ1) is 9.25. The van der Waals surface area contributed by atoms with Crippen molar-refractivity contribution in [3.05, 3.63) is 35.9 Å². The van der Waals surface area contributed by atoms with Gasteiger partial charge in [-0.15, -0.1) is 0 Å². The van der Waals surface area contributed by atoms with Crippen molar-refractivity contribution in [3.63, 3.8) is 0 Å². The molecule has 0 aliphatic carbocycles. The second kappa shape index (κ2) is 5.11. The highest BCUT2D eigenvalue weighted by Crippen LogP contribution is 2.29. The van der Waals surface area contributed by atoms with Crippen molar-refractivity contribution in [2.75, 3.05) is 13.2 Å². The molecular formula is C14H15NO4. The fourth-order valence-electron chi connectivity index (χ4n) is 2.32. The number of carbonyl (C=O) groups is 1. The van der Waals surface area contributed by atoms with Crippen LogP contribution in [-0.4, -0.2) is 30.8 Å². The van der Waals surface area contributed by atoms with E-state index in [-0.39, 0.29) is 17.8 Å². The van der Waals surface area contributed by atoms with Crippen LogP contribution in [0.3, 0.4) is 0 Å². The fraction of sp³-hybridized carbons (Fsp3) is 0.429. The lowest BCUT2D eigenvalue weighted by Gasteiger charge is -2.15. The van der Waals surface area contributed by atoms with E-state index in [9.17, 15) is 4.79 Å². The van der Waals surface area contributed by atoms with E-state index in [1.54, 1.807) is 0 Å². The van der Waals surface area contributed by atoms with Crippen molar-refractivity contribution >= 4 is 11.5 Å². The largest absolute Gasteiger partial charge is 0.389 e. The van der Waals surface area contributed by atoms with Crippen LogP contribution in [0.5, 0.6) is 0 Å². The van der Waals surface area contributed by atoms with Gasteiger partial charge in [0.15, 0.2) is 18.2 Å². The predicted octanol–water partition coefficient (Wildman–Crippen LogP) is 1.69. The van der Waals surface area contributed by atoms with Gasteiger partial charge in [-0.3, -0.25) is 4.79 Å². The molecule has 2 heterocycles. The Balaban J connectivity index is 1.74. The highest BCUT2D eigenvalue weighted by atomic mass is 16.7. The average molecular weight is 261 g/mol. The van der Waals surface area contributed by atoms with Gasteiger partial charge in [-0.05, 0) is 0 Å². The Labute approximate surface area is 111 Å². The Hall–Kier alpha value is -1.72. The Morgan fingerprint density at radius 3 is 2.68 bits per heavy atom. The molecule has 1 aromatic carbocycles. The molecule has 0 amide bonds. The SMILES string of the molecule is CC(=O)C1=NOC2COC(c3ccccc3)OCC12. The number of hydrogen-bond donors (Lipinski definition) is 0. The molecule has 0 bridgehead atoms. The molecule has 2 aliphatic rings. The quantitative estimate of drug-likeness (QED) is 0.813. The maximum Gasteiger partial charge on any atom is 0.184 e. The van der Waals surface area contributed by atoms with E-state index in [0.29, 0.717) is 18.9 Å². The zero-order valence-corrected chi connectivity index (χ0v) is 10.6. The summed E-state index contributed by atoms with van der Waals surface area (Å²) in [6.07, 6.45) is -0.642. The summed E-state index contributed by atoms with van der Waals surface area (Å²) < 4.78 is 11.4. The minimum Gasteiger partial charge on any atom is -0.389 e. The monoisotopic (exact) mass is 261 g/mol. The van der Waals surface area contributed by atoms with Gasteiger partial charge in [0, 0.05) is 12.5 Å². The number of Topliss-reactive ketones (excluding diaryl/α,β-unsaturated/α-hetero) is 1. The van der Waals surface area contributed by atoms with Gasteiger partial charge in [-0.1, -0.05) is 35.5 Å². The summed E-state index contributed by atoms with van der Waals surface area (Å²) in [6, 6.07) is 9.72. The molecule has 5 nitrogen and oxygen atoms in total. The standard InChI is InChI=1S/C14H15NO4/c1-9(16)13-11-7-17-14(10-5-3-2-4-6-10)18-8-12(11)19-15-13/h2-6,11-12,14H,7-8H2,1H3. The molecule has 100 valence electrons. The minimum atomic E-state index is -0.413. The second-order valence-electron chi connectivity index (χ2n) is 4.69. The molecule has 0 saturated carbocycles. The Bertz CT molecular complexity index is 499. The summed E-state index contributed by atoms with van der Waals surface area (Å²) in [4.78, 5) is 16.7. The summed E-state index contributed by atoms with van der Waals surface area (Å²) in [5.74, 6) is -0.208. The zero-order valence-electron chi connectivity index (χ0n) is 10.6. The highest BCUT2D eigenvalue weighted by Gasteiger charge is 2.40. The third-order valence-corrected chi connectivity index (χ3v) is 3.36. The third-order valence-electron chi connectivity index (χ3n) is 3.36. The third kappa shape index (κ3) is 2.39. The van der Waals surface area contributed by atoms with E-state index in [1.165, 1.54) is 6.92 Å². The van der Waals surface area contributed by atoms with Gasteiger partial charge in [-0.2, -0.15) is 0 Å². The zero-order chi connectivity index (χ0) is 13.2. The summed E-state index contributed by atoms with van der Waals surface area (Å²) in [7, 11) is 0. The number of oxime groups is 1. The van der Waals surface area contributed by atoms with Gasteiger partial charge in [0.05, 0.1) is 19.1 Å². The predicted molar refractivity (Wildman–Crippen MR) is 67.6 cm³/mol. The number of carbonyl (C=O) groups excluding carboxylic acids is 1. The Morgan fingerprint density at radius 2 is 1.95 bits per heavy atom. The molecule has 1 saturated heterocycles. The Morgan fingerprint density at radius 1 is 1.21 bits per heavy atom. The van der Waals surface area contributed by atoms with Crippen LogP contribution in [0.15, 0.2) is 35.5 Å². The van der Waals surface area contributed by atoms with E-state index < -0.39 is 6.29 Å². The average Bonchev–Trinajstić information content (AvgIpc) is 2.72. The summed E-state index contributed by atoms with van der Waals surface area (Å²) in [5.41, 5.74) is 1.41. The molecule has 0 N–H and O–H groups in total. The van der Waals surface area contributed by atoms with Crippen LogP contribution in [0.25, 0.3) is 0 Å². The van der Waals surface area contributed by atoms with E-state index in [0.717, 1.165) is 5.56 Å². The number of ether oxygens (including phenoxy) is 2. The number of hydrogen-bond acceptors (Lipinski definition) is 5. The van der Waals surface area contributed by atoms with Crippen LogP contribution in [-0.2, 0) is 19.1 Å². The summed E-state index contributed by atoms with van der Waals surface area (Å²) >= 11 is 0. The van der Waals surface area contributed by atoms with Crippen LogP contribution in [0.4, 0.5) is 0 Å². The smallest absolute Gasteiger partial charge is 0.184 e. The van der Waals surface area contributed by atoms with Crippen molar-refractivity contribution in [2.45, 2.75) is 19.3 Å². The first kappa shape index (κ1) is 12.3.